The smallest absolute Gasteiger partial charge is 0.408 e. The molecule has 3 nitrogen and oxygen atoms in total. The first-order chi connectivity index (χ1) is 6.87. The van der Waals surface area contributed by atoms with E-state index >= 15 is 0 Å². The number of rotatable bonds is 3. The summed E-state index contributed by atoms with van der Waals surface area (Å²) in [5.41, 5.74) is 0.530. The number of ether oxygens (including phenoxy) is 1. The van der Waals surface area contributed by atoms with Crippen LogP contribution in [0.15, 0.2) is 24.3 Å². The monoisotopic (exact) mass is 233 g/mol. The maximum Gasteiger partial charge on any atom is 0.408 e. The Morgan fingerprint density at radius 1 is 1.40 bits per heavy atom. The number of benzene rings is 1. The van der Waals surface area contributed by atoms with Crippen LogP contribution in [-0.2, 0) is 4.79 Å². The van der Waals surface area contributed by atoms with Gasteiger partial charge in [0.1, 0.15) is 5.75 Å². The molecular formula is C9H10F2NO2P. The highest BCUT2D eigenvalue weighted by atomic mass is 31.0. The molecule has 0 saturated heterocycles. The highest BCUT2D eigenvalue weighted by Crippen LogP contribution is 2.27. The number of carbonyl (C=O) groups excluding carboxylic acids is 1. The summed E-state index contributed by atoms with van der Waals surface area (Å²) in [6.45, 7) is 1.36. The first kappa shape index (κ1) is 11.9. The second kappa shape index (κ2) is 4.53. The number of nitrogens with one attached hydrogen (secondary N) is 1. The van der Waals surface area contributed by atoms with Gasteiger partial charge in [0.2, 0.25) is 5.91 Å². The van der Waals surface area contributed by atoms with Gasteiger partial charge < -0.3 is 10.1 Å². The van der Waals surface area contributed by atoms with E-state index in [4.69, 9.17) is 0 Å². The number of hydrogen-bond donors (Lipinski definition) is 1. The maximum absolute atomic E-state index is 12.4. The summed E-state index contributed by atoms with van der Waals surface area (Å²) in [6, 6.07) is 5.66. The topological polar surface area (TPSA) is 38.3 Å². The van der Waals surface area contributed by atoms with Gasteiger partial charge in [0.15, 0.2) is 0 Å². The van der Waals surface area contributed by atoms with Gasteiger partial charge in [-0.05, 0) is 33.5 Å². The Kier molecular flexibility index (Phi) is 3.58. The van der Waals surface area contributed by atoms with Gasteiger partial charge in [-0.1, -0.05) is 0 Å². The van der Waals surface area contributed by atoms with Gasteiger partial charge in [-0.2, -0.15) is 8.78 Å². The lowest BCUT2D eigenvalue weighted by Gasteiger charge is -2.12. The molecule has 1 aromatic rings. The van der Waals surface area contributed by atoms with E-state index < -0.39 is 5.85 Å². The average Bonchev–Trinajstić information content (AvgIpc) is 2.05. The number of alkyl halides is 2. The number of carbonyl (C=O) groups is 1. The molecule has 1 rings (SSSR count). The Morgan fingerprint density at radius 3 is 2.33 bits per heavy atom. The van der Waals surface area contributed by atoms with E-state index in [1.807, 2.05) is 0 Å². The maximum atomic E-state index is 12.4. The Labute approximate surface area is 88.0 Å². The first-order valence-electron chi connectivity index (χ1n) is 4.10. The van der Waals surface area contributed by atoms with Crippen molar-refractivity contribution in [2.24, 2.45) is 0 Å². The molecule has 1 unspecified atom stereocenters. The Hall–Kier alpha value is -1.22. The molecule has 6 heteroatoms. The van der Waals surface area contributed by atoms with Crippen LogP contribution in [0.25, 0.3) is 0 Å². The van der Waals surface area contributed by atoms with Crippen LogP contribution in [0.3, 0.4) is 0 Å². The van der Waals surface area contributed by atoms with Gasteiger partial charge in [0, 0.05) is 12.6 Å². The van der Waals surface area contributed by atoms with Crippen molar-refractivity contribution in [2.45, 2.75) is 12.8 Å². The van der Waals surface area contributed by atoms with Gasteiger partial charge in [-0.3, -0.25) is 4.79 Å². The van der Waals surface area contributed by atoms with Crippen LogP contribution in [0.1, 0.15) is 6.92 Å². The summed E-state index contributed by atoms with van der Waals surface area (Å²) >= 11 is 0. The molecule has 0 fully saturated rings. The highest BCUT2D eigenvalue weighted by Gasteiger charge is 2.23. The standard InChI is InChI=1S/C9H10F2NO2P/c1-6(13)12-7-2-4-8(5-3-7)14-9(10,11)15/h2-5H,15H2,1H3,(H,12,13). The second-order valence-corrected chi connectivity index (χ2v) is 3.54. The SMILES string of the molecule is CC(=O)Nc1ccc(OC(F)(F)P)cc1. The van der Waals surface area contributed by atoms with Crippen LogP contribution >= 0.6 is 9.24 Å². The average molecular weight is 233 g/mol. The Balaban J connectivity index is 2.68. The zero-order valence-electron chi connectivity index (χ0n) is 7.96. The van der Waals surface area contributed by atoms with Crippen molar-refractivity contribution in [1.82, 2.24) is 0 Å². The van der Waals surface area contributed by atoms with E-state index in [1.165, 1.54) is 40.4 Å². The van der Waals surface area contributed by atoms with Gasteiger partial charge in [-0.25, -0.2) is 0 Å². The molecule has 15 heavy (non-hydrogen) atoms. The minimum absolute atomic E-state index is 0.0316. The molecule has 82 valence electrons. The number of amides is 1. The lowest BCUT2D eigenvalue weighted by Crippen LogP contribution is -2.14. The fourth-order valence-electron chi connectivity index (χ4n) is 0.967. The van der Waals surface area contributed by atoms with Crippen molar-refractivity contribution in [3.8, 4) is 5.75 Å². The fraction of sp³-hybridized carbons (Fsp3) is 0.222. The van der Waals surface area contributed by atoms with Gasteiger partial charge in [-0.15, -0.1) is 0 Å². The summed E-state index contributed by atoms with van der Waals surface area (Å²) in [5, 5.41) is 2.51. The molecule has 1 atom stereocenters. The zero-order chi connectivity index (χ0) is 11.5. The van der Waals surface area contributed by atoms with Gasteiger partial charge >= 0.3 is 5.85 Å². The van der Waals surface area contributed by atoms with Crippen molar-refractivity contribution in [1.29, 1.82) is 0 Å². The second-order valence-electron chi connectivity index (χ2n) is 2.87. The quantitative estimate of drug-likeness (QED) is 0.814. The zero-order valence-corrected chi connectivity index (χ0v) is 9.11. The highest BCUT2D eigenvalue weighted by molar-refractivity contribution is 7.17. The minimum atomic E-state index is -3.28. The van der Waals surface area contributed by atoms with Crippen molar-refractivity contribution in [3.63, 3.8) is 0 Å². The van der Waals surface area contributed by atoms with E-state index in [9.17, 15) is 13.6 Å². The third kappa shape index (κ3) is 4.70. The van der Waals surface area contributed by atoms with Crippen molar-refractivity contribution in [2.75, 3.05) is 5.32 Å². The van der Waals surface area contributed by atoms with Crippen LogP contribution < -0.4 is 10.1 Å². The summed E-state index contributed by atoms with van der Waals surface area (Å²) in [5.74, 6) is -3.47. The molecule has 0 aliphatic heterocycles. The third-order valence-electron chi connectivity index (χ3n) is 1.43. The van der Waals surface area contributed by atoms with E-state index in [2.05, 4.69) is 10.1 Å². The van der Waals surface area contributed by atoms with Gasteiger partial charge in [0.05, 0.1) is 0 Å². The van der Waals surface area contributed by atoms with Crippen LogP contribution in [0.4, 0.5) is 14.5 Å². The summed E-state index contributed by atoms with van der Waals surface area (Å²) < 4.78 is 29.1. The molecule has 1 amide bonds. The summed E-state index contributed by atoms with van der Waals surface area (Å²) in [7, 11) is 1.28. The third-order valence-corrected chi connectivity index (χ3v) is 1.55. The molecule has 0 aromatic heterocycles. The molecule has 0 radical (unpaired) electrons. The molecule has 0 spiro atoms. The minimum Gasteiger partial charge on any atom is -0.430 e. The molecule has 0 aliphatic carbocycles. The lowest BCUT2D eigenvalue weighted by molar-refractivity contribution is -0.114. The Bertz CT molecular complexity index is 348. The van der Waals surface area contributed by atoms with E-state index in [0.717, 1.165) is 0 Å². The number of hydrogen-bond acceptors (Lipinski definition) is 2. The van der Waals surface area contributed by atoms with Crippen LogP contribution in [0.5, 0.6) is 5.75 Å². The Morgan fingerprint density at radius 2 is 1.93 bits per heavy atom. The van der Waals surface area contributed by atoms with Crippen LogP contribution in [-0.4, -0.2) is 11.8 Å². The molecule has 0 saturated carbocycles. The first-order valence-corrected chi connectivity index (χ1v) is 4.68. The van der Waals surface area contributed by atoms with E-state index in [-0.39, 0.29) is 11.7 Å². The largest absolute Gasteiger partial charge is 0.430 e. The van der Waals surface area contributed by atoms with Crippen LogP contribution in [0, 0.1) is 0 Å². The predicted octanol–water partition coefficient (Wildman–Crippen LogP) is 2.45. The van der Waals surface area contributed by atoms with Crippen molar-refractivity contribution in [3.05, 3.63) is 24.3 Å². The van der Waals surface area contributed by atoms with Gasteiger partial charge in [0.25, 0.3) is 0 Å². The normalized spacial score (nSPS) is 10.9. The number of halogens is 2. The number of anilines is 1. The molecule has 0 aliphatic rings. The summed E-state index contributed by atoms with van der Waals surface area (Å²) in [4.78, 5) is 10.7. The molecular weight excluding hydrogens is 223 g/mol. The lowest BCUT2D eigenvalue weighted by atomic mass is 10.3. The predicted molar refractivity (Wildman–Crippen MR) is 56.0 cm³/mol. The molecule has 1 N–H and O–H groups in total. The molecule has 1 aromatic carbocycles. The summed E-state index contributed by atoms with van der Waals surface area (Å²) in [6.07, 6.45) is 0. The van der Waals surface area contributed by atoms with Crippen molar-refractivity contribution < 1.29 is 18.3 Å². The molecule has 0 bridgehead atoms. The van der Waals surface area contributed by atoms with Crippen molar-refractivity contribution >= 4 is 20.8 Å². The van der Waals surface area contributed by atoms with Crippen LogP contribution in [0.2, 0.25) is 0 Å². The molecule has 0 heterocycles. The fourth-order valence-corrected chi connectivity index (χ4v) is 1.10. The van der Waals surface area contributed by atoms with E-state index in [1.54, 1.807) is 0 Å². The van der Waals surface area contributed by atoms with E-state index in [0.29, 0.717) is 5.69 Å².